The van der Waals surface area contributed by atoms with Crippen molar-refractivity contribution in [2.45, 2.75) is 90.8 Å². The van der Waals surface area contributed by atoms with Crippen LogP contribution in [0.25, 0.3) is 0 Å². The lowest BCUT2D eigenvalue weighted by molar-refractivity contribution is -0.128. The monoisotopic (exact) mass is 496 g/mol. The summed E-state index contributed by atoms with van der Waals surface area (Å²) >= 11 is 0. The van der Waals surface area contributed by atoms with Crippen molar-refractivity contribution in [3.63, 3.8) is 0 Å². The average Bonchev–Trinajstić information content (AvgIpc) is 3.54. The zero-order valence-corrected chi connectivity index (χ0v) is 22.9. The van der Waals surface area contributed by atoms with Gasteiger partial charge in [-0.1, -0.05) is 0 Å². The van der Waals surface area contributed by atoms with Gasteiger partial charge in [0.25, 0.3) is 0 Å². The predicted molar refractivity (Wildman–Crippen MR) is 144 cm³/mol. The summed E-state index contributed by atoms with van der Waals surface area (Å²) in [4.78, 5) is 35.1. The van der Waals surface area contributed by atoms with Gasteiger partial charge < -0.3 is 19.4 Å². The molecule has 7 heteroatoms. The molecular formula is C29H44N4O3. The van der Waals surface area contributed by atoms with E-state index in [1.54, 1.807) is 4.90 Å². The molecule has 0 N–H and O–H groups in total. The third kappa shape index (κ3) is 4.83. The second-order valence-corrected chi connectivity index (χ2v) is 12.5. The first-order chi connectivity index (χ1) is 17.1. The Kier molecular flexibility index (Phi) is 6.73. The minimum absolute atomic E-state index is 0.228. The Hall–Kier alpha value is -2.28. The lowest BCUT2D eigenvalue weighted by Gasteiger charge is -2.38. The number of hydrogen-bond donors (Lipinski definition) is 0. The molecule has 4 heterocycles. The third-order valence-corrected chi connectivity index (χ3v) is 8.96. The summed E-state index contributed by atoms with van der Waals surface area (Å²) in [5.74, 6) is 0.228. The van der Waals surface area contributed by atoms with Crippen LogP contribution in [0.5, 0.6) is 0 Å². The minimum Gasteiger partial charge on any atom is -0.444 e. The topological polar surface area (TPSA) is 56.3 Å². The molecule has 36 heavy (non-hydrogen) atoms. The summed E-state index contributed by atoms with van der Waals surface area (Å²) in [6.07, 6.45) is 5.90. The molecule has 7 nitrogen and oxygen atoms in total. The predicted octanol–water partition coefficient (Wildman–Crippen LogP) is 4.81. The molecule has 2 atom stereocenters. The van der Waals surface area contributed by atoms with Gasteiger partial charge in [0.2, 0.25) is 5.91 Å². The molecule has 0 saturated carbocycles. The first-order valence-corrected chi connectivity index (χ1v) is 14.0. The van der Waals surface area contributed by atoms with Gasteiger partial charge in [-0.15, -0.1) is 0 Å². The molecule has 0 bridgehead atoms. The molecule has 5 rings (SSSR count). The molecule has 4 fully saturated rings. The number of anilines is 2. The smallest absolute Gasteiger partial charge is 0.410 e. The number of carbonyl (C=O) groups is 2. The van der Waals surface area contributed by atoms with Gasteiger partial charge in [0.05, 0.1) is 5.41 Å². The van der Waals surface area contributed by atoms with Gasteiger partial charge in [-0.2, -0.15) is 0 Å². The number of likely N-dealkylation sites (tertiary alicyclic amines) is 2. The number of aryl methyl sites for hydroxylation is 1. The fourth-order valence-corrected chi connectivity index (χ4v) is 6.84. The van der Waals surface area contributed by atoms with Crippen molar-refractivity contribution in [2.24, 2.45) is 5.41 Å². The van der Waals surface area contributed by atoms with E-state index in [2.05, 4.69) is 41.8 Å². The number of benzene rings is 1. The van der Waals surface area contributed by atoms with Crippen molar-refractivity contribution in [1.29, 1.82) is 0 Å². The van der Waals surface area contributed by atoms with Crippen LogP contribution in [0.15, 0.2) is 18.2 Å². The SMILES string of the molecule is Cc1cc(N2CCC(N3CCC[C@H]3C)C2)ccc1N1CCC2(CCN(C(=O)OC(C)(C)C)CC2)C1=O. The third-order valence-electron chi connectivity index (χ3n) is 8.96. The van der Waals surface area contributed by atoms with E-state index < -0.39 is 5.60 Å². The fraction of sp³-hybridized carbons (Fsp3) is 0.724. The standard InChI is InChI=1S/C29H44N4O3/c1-21-19-23(31-15-10-24(20-31)32-14-6-7-22(32)2)8-9-25(21)33-18-13-29(26(33)34)11-16-30(17-12-29)27(35)36-28(3,4)5/h8-9,19,22,24H,6-7,10-18,20H2,1-5H3/t22-,24?/m1/s1. The maximum Gasteiger partial charge on any atom is 0.410 e. The molecule has 0 aliphatic carbocycles. The van der Waals surface area contributed by atoms with Crippen LogP contribution in [-0.4, -0.2) is 78.8 Å². The maximum absolute atomic E-state index is 13.7. The van der Waals surface area contributed by atoms with Gasteiger partial charge in [-0.25, -0.2) is 4.79 Å². The highest BCUT2D eigenvalue weighted by Crippen LogP contribution is 2.44. The summed E-state index contributed by atoms with van der Waals surface area (Å²) in [5.41, 5.74) is 2.63. The van der Waals surface area contributed by atoms with Crippen LogP contribution in [0, 0.1) is 12.3 Å². The van der Waals surface area contributed by atoms with Crippen molar-refractivity contribution in [3.05, 3.63) is 23.8 Å². The molecule has 2 amide bonds. The largest absolute Gasteiger partial charge is 0.444 e. The first-order valence-electron chi connectivity index (χ1n) is 14.0. The van der Waals surface area contributed by atoms with E-state index >= 15 is 0 Å². The molecular weight excluding hydrogens is 452 g/mol. The molecule has 0 aromatic heterocycles. The summed E-state index contributed by atoms with van der Waals surface area (Å²) in [6, 6.07) is 8.01. The lowest BCUT2D eigenvalue weighted by atomic mass is 9.77. The zero-order valence-electron chi connectivity index (χ0n) is 22.9. The van der Waals surface area contributed by atoms with Crippen molar-refractivity contribution < 1.29 is 14.3 Å². The van der Waals surface area contributed by atoms with E-state index in [9.17, 15) is 9.59 Å². The average molecular weight is 497 g/mol. The fourth-order valence-electron chi connectivity index (χ4n) is 6.84. The van der Waals surface area contributed by atoms with Crippen LogP contribution in [0.3, 0.4) is 0 Å². The van der Waals surface area contributed by atoms with Gasteiger partial charge in [-0.3, -0.25) is 9.69 Å². The maximum atomic E-state index is 13.7. The van der Waals surface area contributed by atoms with Crippen LogP contribution < -0.4 is 9.80 Å². The van der Waals surface area contributed by atoms with Gasteiger partial charge in [0, 0.05) is 56.2 Å². The highest BCUT2D eigenvalue weighted by atomic mass is 16.6. The Morgan fingerprint density at radius 3 is 2.39 bits per heavy atom. The number of ether oxygens (including phenoxy) is 1. The molecule has 4 saturated heterocycles. The normalized spacial score (nSPS) is 26.9. The van der Waals surface area contributed by atoms with E-state index in [1.807, 2.05) is 25.7 Å². The van der Waals surface area contributed by atoms with Gasteiger partial charge in [0.1, 0.15) is 5.60 Å². The van der Waals surface area contributed by atoms with Crippen LogP contribution in [0.4, 0.5) is 16.2 Å². The number of piperidine rings is 1. The Morgan fingerprint density at radius 1 is 1.03 bits per heavy atom. The van der Waals surface area contributed by atoms with Crippen molar-refractivity contribution in [3.8, 4) is 0 Å². The van der Waals surface area contributed by atoms with E-state index in [4.69, 9.17) is 4.74 Å². The highest BCUT2D eigenvalue weighted by Gasteiger charge is 2.49. The zero-order chi connectivity index (χ0) is 25.7. The Bertz CT molecular complexity index is 995. The number of nitrogens with zero attached hydrogens (tertiary/aromatic N) is 4. The lowest BCUT2D eigenvalue weighted by Crippen LogP contribution is -2.48. The number of rotatable bonds is 3. The molecule has 4 aliphatic heterocycles. The van der Waals surface area contributed by atoms with Crippen LogP contribution >= 0.6 is 0 Å². The summed E-state index contributed by atoms with van der Waals surface area (Å²) in [6.45, 7) is 15.5. The molecule has 1 aromatic carbocycles. The van der Waals surface area contributed by atoms with E-state index in [0.717, 1.165) is 31.7 Å². The number of amides is 2. The van der Waals surface area contributed by atoms with Crippen LogP contribution in [0.2, 0.25) is 0 Å². The summed E-state index contributed by atoms with van der Waals surface area (Å²) < 4.78 is 5.54. The number of hydrogen-bond acceptors (Lipinski definition) is 5. The second-order valence-electron chi connectivity index (χ2n) is 12.5. The van der Waals surface area contributed by atoms with Crippen molar-refractivity contribution in [1.82, 2.24) is 9.80 Å². The Morgan fingerprint density at radius 2 is 1.75 bits per heavy atom. The summed E-state index contributed by atoms with van der Waals surface area (Å²) in [7, 11) is 0. The molecule has 1 aromatic rings. The molecule has 1 unspecified atom stereocenters. The van der Waals surface area contributed by atoms with Crippen molar-refractivity contribution >= 4 is 23.4 Å². The van der Waals surface area contributed by atoms with Crippen molar-refractivity contribution in [2.75, 3.05) is 49.1 Å². The van der Waals surface area contributed by atoms with Crippen LogP contribution in [-0.2, 0) is 9.53 Å². The van der Waals surface area contributed by atoms with Gasteiger partial charge >= 0.3 is 6.09 Å². The molecule has 4 aliphatic rings. The molecule has 1 spiro atoms. The van der Waals surface area contributed by atoms with Gasteiger partial charge in [0.15, 0.2) is 0 Å². The van der Waals surface area contributed by atoms with Gasteiger partial charge in [-0.05, 0) is 103 Å². The highest BCUT2D eigenvalue weighted by molar-refractivity contribution is 6.00. The Balaban J connectivity index is 1.21. The molecule has 0 radical (unpaired) electrons. The second kappa shape index (κ2) is 9.55. The van der Waals surface area contributed by atoms with E-state index in [-0.39, 0.29) is 17.4 Å². The number of carbonyl (C=O) groups excluding carboxylic acids is 2. The van der Waals surface area contributed by atoms with E-state index in [1.165, 1.54) is 37.1 Å². The quantitative estimate of drug-likeness (QED) is 0.601. The summed E-state index contributed by atoms with van der Waals surface area (Å²) in [5, 5.41) is 0. The first kappa shape index (κ1) is 25.4. The minimum atomic E-state index is -0.502. The van der Waals surface area contributed by atoms with E-state index in [0.29, 0.717) is 38.0 Å². The Labute approximate surface area is 216 Å². The van der Waals surface area contributed by atoms with Crippen LogP contribution in [0.1, 0.15) is 71.8 Å². The molecule has 198 valence electrons.